The van der Waals surface area contributed by atoms with Crippen LogP contribution in [0.5, 0.6) is 5.75 Å². The van der Waals surface area contributed by atoms with Gasteiger partial charge < -0.3 is 9.15 Å². The van der Waals surface area contributed by atoms with E-state index in [1.807, 2.05) is 25.1 Å². The number of benzene rings is 3. The van der Waals surface area contributed by atoms with Gasteiger partial charge in [-0.2, -0.15) is 17.5 Å². The average molecular weight is 586 g/mol. The third kappa shape index (κ3) is 7.25. The highest BCUT2D eigenvalue weighted by Crippen LogP contribution is 2.33. The molecular weight excluding hydrogens is 555 g/mol. The van der Waals surface area contributed by atoms with E-state index in [4.69, 9.17) is 9.15 Å². The Hall–Kier alpha value is -3.89. The molecule has 1 aromatic heterocycles. The first kappa shape index (κ1) is 30.1. The summed E-state index contributed by atoms with van der Waals surface area (Å²) >= 11 is 0. The van der Waals surface area contributed by atoms with E-state index in [9.17, 15) is 26.4 Å². The molecule has 0 unspecified atom stereocenters. The average Bonchev–Trinajstić information content (AvgIpc) is 3.36. The third-order valence-electron chi connectivity index (χ3n) is 6.40. The predicted molar refractivity (Wildman–Crippen MR) is 149 cm³/mol. The van der Waals surface area contributed by atoms with Crippen LogP contribution in [0.25, 0.3) is 11.1 Å². The molecule has 0 aliphatic heterocycles. The topological polar surface area (TPSA) is 76.8 Å². The summed E-state index contributed by atoms with van der Waals surface area (Å²) in [6, 6.07) is 19.9. The fourth-order valence-electron chi connectivity index (χ4n) is 4.67. The first-order chi connectivity index (χ1) is 19.2. The lowest BCUT2D eigenvalue weighted by Gasteiger charge is -2.24. The van der Waals surface area contributed by atoms with Crippen molar-refractivity contribution in [3.63, 3.8) is 0 Å². The molecule has 10 heteroatoms. The number of ether oxygens (including phenoxy) is 1. The summed E-state index contributed by atoms with van der Waals surface area (Å²) in [5.41, 5.74) is 4.30. The molecule has 4 rings (SSSR count). The minimum absolute atomic E-state index is 0.0350. The quantitative estimate of drug-likeness (QED) is 0.196. The molecule has 0 N–H and O–H groups in total. The molecule has 0 spiro atoms. The largest absolute Gasteiger partial charge is 0.486 e. The number of alkyl halides is 3. The van der Waals surface area contributed by atoms with Gasteiger partial charge in [-0.1, -0.05) is 54.1 Å². The van der Waals surface area contributed by atoms with Crippen LogP contribution in [0.3, 0.4) is 0 Å². The number of furan rings is 1. The molecule has 1 heterocycles. The minimum Gasteiger partial charge on any atom is -0.486 e. The third-order valence-corrected chi connectivity index (χ3v) is 8.50. The van der Waals surface area contributed by atoms with Crippen LogP contribution in [0.2, 0.25) is 0 Å². The van der Waals surface area contributed by atoms with Crippen LogP contribution in [-0.2, 0) is 34.1 Å². The zero-order chi connectivity index (χ0) is 29.9. The Morgan fingerprint density at radius 1 is 0.878 bits per heavy atom. The van der Waals surface area contributed by atoms with Gasteiger partial charge in [-0.25, -0.2) is 8.42 Å². The number of sulfonamides is 1. The van der Waals surface area contributed by atoms with Gasteiger partial charge in [0.15, 0.2) is 5.78 Å². The summed E-state index contributed by atoms with van der Waals surface area (Å²) in [5, 5.41) is 0. The van der Waals surface area contributed by atoms with Crippen molar-refractivity contribution in [2.45, 2.75) is 51.9 Å². The Morgan fingerprint density at radius 2 is 1.54 bits per heavy atom. The molecule has 0 saturated carbocycles. The summed E-state index contributed by atoms with van der Waals surface area (Å²) in [4.78, 5) is 11.4. The van der Waals surface area contributed by atoms with Crippen LogP contribution in [0.15, 0.2) is 82.1 Å². The van der Waals surface area contributed by atoms with E-state index in [1.165, 1.54) is 6.92 Å². The lowest BCUT2D eigenvalue weighted by Crippen LogP contribution is -2.31. The van der Waals surface area contributed by atoms with Gasteiger partial charge in [0.2, 0.25) is 15.8 Å². The molecule has 0 fully saturated rings. The molecule has 0 aliphatic rings. The lowest BCUT2D eigenvalue weighted by atomic mass is 10.0. The number of nitrogens with zero attached hydrogens (tertiary/aromatic N) is 1. The molecule has 0 bridgehead atoms. The minimum atomic E-state index is -4.68. The second-order valence-electron chi connectivity index (χ2n) is 9.98. The first-order valence-corrected chi connectivity index (χ1v) is 14.2. The highest BCUT2D eigenvalue weighted by Gasteiger charge is 2.36. The number of rotatable bonds is 10. The fraction of sp³-hybridized carbons (Fsp3) is 0.258. The van der Waals surface area contributed by atoms with Crippen LogP contribution in [0.1, 0.15) is 40.7 Å². The van der Waals surface area contributed by atoms with Gasteiger partial charge in [-0.05, 0) is 79.8 Å². The van der Waals surface area contributed by atoms with Crippen molar-refractivity contribution in [3.8, 4) is 16.9 Å². The second-order valence-corrected chi connectivity index (χ2v) is 11.9. The van der Waals surface area contributed by atoms with Crippen LogP contribution in [-0.4, -0.2) is 25.1 Å². The summed E-state index contributed by atoms with van der Waals surface area (Å²) in [6.45, 7) is 6.18. The molecule has 4 aromatic rings. The normalized spacial score (nSPS) is 12.1. The molecule has 6 nitrogen and oxygen atoms in total. The van der Waals surface area contributed by atoms with E-state index >= 15 is 0 Å². The number of ketones is 1. The zero-order valence-electron chi connectivity index (χ0n) is 23.1. The number of hydrogen-bond donors (Lipinski definition) is 0. The smallest absolute Gasteiger partial charge is 0.449 e. The van der Waals surface area contributed by atoms with Gasteiger partial charge in [0.05, 0.1) is 11.4 Å². The SMILES string of the molecule is CC(=O)COc1cccc(-c2ccc(CN(Cc3ccc(C(F)(F)F)o3)S(=O)(=O)c3c(C)cc(C)cc3C)cc2)c1. The molecule has 3 aromatic carbocycles. The van der Waals surface area contributed by atoms with Gasteiger partial charge in [-0.15, -0.1) is 0 Å². The summed E-state index contributed by atoms with van der Waals surface area (Å²) in [6.07, 6.45) is -4.68. The molecule has 0 radical (unpaired) electrons. The van der Waals surface area contributed by atoms with Gasteiger partial charge >= 0.3 is 6.18 Å². The van der Waals surface area contributed by atoms with Gasteiger partial charge in [-0.3, -0.25) is 4.79 Å². The van der Waals surface area contributed by atoms with E-state index in [1.54, 1.807) is 56.3 Å². The van der Waals surface area contributed by atoms with E-state index in [0.29, 0.717) is 22.4 Å². The van der Waals surface area contributed by atoms with E-state index in [2.05, 4.69) is 0 Å². The Labute approximate surface area is 237 Å². The summed E-state index contributed by atoms with van der Waals surface area (Å²) < 4.78 is 79.0. The molecule has 41 heavy (non-hydrogen) atoms. The van der Waals surface area contributed by atoms with Gasteiger partial charge in [0.1, 0.15) is 18.1 Å². The molecule has 216 valence electrons. The van der Waals surface area contributed by atoms with E-state index < -0.39 is 22.0 Å². The number of halogens is 3. The first-order valence-electron chi connectivity index (χ1n) is 12.8. The number of Topliss-reactive ketones (excluding diaryl/α,β-unsaturated/α-hetero) is 1. The number of carbonyl (C=O) groups excluding carboxylic acids is 1. The van der Waals surface area contributed by atoms with Crippen molar-refractivity contribution >= 4 is 15.8 Å². The summed E-state index contributed by atoms with van der Waals surface area (Å²) in [7, 11) is -4.14. The monoisotopic (exact) mass is 585 g/mol. The molecule has 0 aliphatic carbocycles. The highest BCUT2D eigenvalue weighted by atomic mass is 32.2. The van der Waals surface area contributed by atoms with Crippen LogP contribution in [0.4, 0.5) is 13.2 Å². The van der Waals surface area contributed by atoms with E-state index in [0.717, 1.165) is 33.1 Å². The van der Waals surface area contributed by atoms with Gasteiger partial charge in [0, 0.05) is 6.54 Å². The maximum Gasteiger partial charge on any atom is 0.449 e. The van der Waals surface area contributed by atoms with Crippen molar-refractivity contribution in [3.05, 3.63) is 107 Å². The number of hydrogen-bond acceptors (Lipinski definition) is 5. The van der Waals surface area contributed by atoms with Crippen molar-refractivity contribution in [1.29, 1.82) is 0 Å². The second kappa shape index (κ2) is 11.9. The Kier molecular flexibility index (Phi) is 8.74. The van der Waals surface area contributed by atoms with Crippen LogP contribution in [0, 0.1) is 20.8 Å². The van der Waals surface area contributed by atoms with Crippen LogP contribution >= 0.6 is 0 Å². The number of carbonyl (C=O) groups is 1. The van der Waals surface area contributed by atoms with Crippen molar-refractivity contribution < 1.29 is 35.5 Å². The van der Waals surface area contributed by atoms with Gasteiger partial charge in [0.25, 0.3) is 0 Å². The molecule has 0 atom stereocenters. The maximum absolute atomic E-state index is 14.0. The highest BCUT2D eigenvalue weighted by molar-refractivity contribution is 7.89. The molecular formula is C31H30F3NO5S. The maximum atomic E-state index is 14.0. The zero-order valence-corrected chi connectivity index (χ0v) is 23.9. The van der Waals surface area contributed by atoms with Crippen molar-refractivity contribution in [2.24, 2.45) is 0 Å². The molecule has 0 amide bonds. The Morgan fingerprint density at radius 3 is 2.12 bits per heavy atom. The molecule has 0 saturated heterocycles. The van der Waals surface area contributed by atoms with Crippen LogP contribution < -0.4 is 4.74 Å². The van der Waals surface area contributed by atoms with E-state index in [-0.39, 0.29) is 36.1 Å². The van der Waals surface area contributed by atoms with Crippen molar-refractivity contribution in [1.82, 2.24) is 4.31 Å². The predicted octanol–water partition coefficient (Wildman–Crippen LogP) is 7.25. The lowest BCUT2D eigenvalue weighted by molar-refractivity contribution is -0.153. The Balaban J connectivity index is 1.66. The van der Waals surface area contributed by atoms with Crippen molar-refractivity contribution in [2.75, 3.05) is 6.61 Å². The standard InChI is InChI=1S/C31H30F3NO5S/c1-20-14-21(2)30(22(3)15-20)41(37,38)35(18-28-12-13-29(40-28)31(32,33)34)17-24-8-10-25(11-9-24)26-6-5-7-27(16-26)39-19-23(4)36/h5-16H,17-19H2,1-4H3. The fourth-order valence-corrected chi connectivity index (χ4v) is 6.48. The summed E-state index contributed by atoms with van der Waals surface area (Å²) in [5.74, 6) is -0.868. The number of aryl methyl sites for hydroxylation is 3. The Bertz CT molecular complexity index is 1630.